The van der Waals surface area contributed by atoms with Gasteiger partial charge >= 0.3 is 11.9 Å². The fraction of sp³-hybridized carbons (Fsp3) is 0.867. The van der Waals surface area contributed by atoms with Crippen LogP contribution in [0.25, 0.3) is 0 Å². The summed E-state index contributed by atoms with van der Waals surface area (Å²) in [4.78, 5) is 19.8. The molecule has 0 amide bonds. The lowest BCUT2D eigenvalue weighted by Crippen LogP contribution is -2.15. The van der Waals surface area contributed by atoms with Crippen LogP contribution in [-0.4, -0.2) is 104 Å². The van der Waals surface area contributed by atoms with E-state index in [2.05, 4.69) is 0 Å². The number of carboxylic acid groups (broad SMARTS) is 2. The molecule has 11 heteroatoms. The van der Waals surface area contributed by atoms with Gasteiger partial charge in [-0.3, -0.25) is 9.59 Å². The maximum Gasteiger partial charge on any atom is 0.303 e. The van der Waals surface area contributed by atoms with Gasteiger partial charge in [0.25, 0.3) is 0 Å². The van der Waals surface area contributed by atoms with E-state index in [9.17, 15) is 9.59 Å². The number of unbranched alkanes of at least 4 members (excludes halogenated alkanes) is 2. The highest BCUT2D eigenvalue weighted by Crippen LogP contribution is 1.98. The minimum absolute atomic E-state index is 0.0628. The second kappa shape index (κ2) is 31.4. The molecule has 0 atom stereocenters. The Balaban J connectivity index is -0.000000132. The first kappa shape index (κ1) is 32.3. The normalized spacial score (nSPS) is 9.08. The number of hydrogen-bond donors (Lipinski definition) is 9. The molecule has 0 aliphatic rings. The molecule has 160 valence electrons. The monoisotopic (exact) mass is 390 g/mol. The fourth-order valence-electron chi connectivity index (χ4n) is 0.834. The number of aliphatic carboxylic acids is 2. The van der Waals surface area contributed by atoms with Crippen molar-refractivity contribution in [2.45, 2.75) is 44.6 Å². The Morgan fingerprint density at radius 3 is 1.00 bits per heavy atom. The van der Waals surface area contributed by atoms with E-state index >= 15 is 0 Å². The van der Waals surface area contributed by atoms with Gasteiger partial charge in [0.1, 0.15) is 6.10 Å². The summed E-state index contributed by atoms with van der Waals surface area (Å²) < 4.78 is 0. The van der Waals surface area contributed by atoms with Crippen LogP contribution in [0.15, 0.2) is 0 Å². The summed E-state index contributed by atoms with van der Waals surface area (Å²) in [6.45, 7) is -0.589. The van der Waals surface area contributed by atoms with Crippen LogP contribution in [0.2, 0.25) is 0 Å². The Hall–Kier alpha value is -1.34. The summed E-state index contributed by atoms with van der Waals surface area (Å²) in [5.74, 6) is -1.74. The summed E-state index contributed by atoms with van der Waals surface area (Å²) in [5.41, 5.74) is 0. The predicted octanol–water partition coefficient (Wildman–Crippen LogP) is -2.23. The summed E-state index contributed by atoms with van der Waals surface area (Å²) in [6, 6.07) is 0. The van der Waals surface area contributed by atoms with Crippen molar-refractivity contribution >= 4 is 11.9 Å². The van der Waals surface area contributed by atoms with Gasteiger partial charge in [0, 0.05) is 26.1 Å². The lowest BCUT2D eigenvalue weighted by molar-refractivity contribution is -0.139. The van der Waals surface area contributed by atoms with E-state index < -0.39 is 18.0 Å². The smallest absolute Gasteiger partial charge is 0.303 e. The van der Waals surface area contributed by atoms with Crippen LogP contribution in [0.4, 0.5) is 0 Å². The molecule has 9 N–H and O–H groups in total. The molecule has 11 nitrogen and oxygen atoms in total. The third kappa shape index (κ3) is 57.0. The van der Waals surface area contributed by atoms with E-state index in [4.69, 9.17) is 46.0 Å². The summed E-state index contributed by atoms with van der Waals surface area (Å²) in [6.07, 6.45) is 1.50. The van der Waals surface area contributed by atoms with Crippen molar-refractivity contribution in [3.63, 3.8) is 0 Å². The number of rotatable bonds is 11. The third-order valence-electron chi connectivity index (χ3n) is 2.12. The number of carbonyl (C=O) groups is 2. The minimum atomic E-state index is -0.954. The van der Waals surface area contributed by atoms with Gasteiger partial charge in [-0.15, -0.1) is 0 Å². The summed E-state index contributed by atoms with van der Waals surface area (Å²) in [7, 11) is 0. The zero-order chi connectivity index (χ0) is 21.2. The largest absolute Gasteiger partial charge is 0.481 e. The Kier molecular flexibility index (Phi) is 39.1. The van der Waals surface area contributed by atoms with Crippen LogP contribution in [0, 0.1) is 0 Å². The minimum Gasteiger partial charge on any atom is -0.481 e. The van der Waals surface area contributed by atoms with Crippen LogP contribution < -0.4 is 0 Å². The molecular weight excluding hydrogens is 356 g/mol. The zero-order valence-corrected chi connectivity index (χ0v) is 14.9. The second-order valence-electron chi connectivity index (χ2n) is 4.62. The molecule has 0 radical (unpaired) electrons. The molecule has 0 rings (SSSR count). The van der Waals surface area contributed by atoms with Gasteiger partial charge in [0.15, 0.2) is 0 Å². The maximum atomic E-state index is 9.90. The Bertz CT molecular complexity index is 248. The number of carboxylic acids is 2. The van der Waals surface area contributed by atoms with Crippen LogP contribution in [0.1, 0.15) is 38.5 Å². The van der Waals surface area contributed by atoms with E-state index in [0.29, 0.717) is 12.8 Å². The molecular formula is C15H34O11. The molecule has 0 fully saturated rings. The van der Waals surface area contributed by atoms with Crippen molar-refractivity contribution in [1.29, 1.82) is 0 Å². The average Bonchev–Trinajstić information content (AvgIpc) is 2.63. The van der Waals surface area contributed by atoms with Gasteiger partial charge in [-0.25, -0.2) is 0 Å². The van der Waals surface area contributed by atoms with E-state index in [1.807, 2.05) is 0 Å². The second-order valence-corrected chi connectivity index (χ2v) is 4.62. The van der Waals surface area contributed by atoms with Crippen LogP contribution in [-0.2, 0) is 9.59 Å². The Labute approximate surface area is 152 Å². The molecule has 0 heterocycles. The molecule has 0 saturated carbocycles. The van der Waals surface area contributed by atoms with Crippen LogP contribution >= 0.6 is 0 Å². The predicted molar refractivity (Wildman–Crippen MR) is 91.5 cm³/mol. The van der Waals surface area contributed by atoms with E-state index in [0.717, 1.165) is 12.8 Å². The van der Waals surface area contributed by atoms with E-state index in [1.54, 1.807) is 0 Å². The molecule has 0 aromatic rings. The highest BCUT2D eigenvalue weighted by atomic mass is 16.4. The Morgan fingerprint density at radius 2 is 0.885 bits per heavy atom. The van der Waals surface area contributed by atoms with Crippen molar-refractivity contribution in [3.8, 4) is 0 Å². The van der Waals surface area contributed by atoms with Crippen molar-refractivity contribution in [2.75, 3.05) is 39.6 Å². The number of hydrogen-bond acceptors (Lipinski definition) is 9. The lowest BCUT2D eigenvalue weighted by Gasteiger charge is -1.96. The zero-order valence-electron chi connectivity index (χ0n) is 14.9. The number of aliphatic hydroxyl groups is 7. The van der Waals surface area contributed by atoms with Gasteiger partial charge in [0.2, 0.25) is 0 Å². The first-order valence-electron chi connectivity index (χ1n) is 8.03. The maximum absolute atomic E-state index is 9.90. The highest BCUT2D eigenvalue weighted by molar-refractivity contribution is 5.67. The number of aliphatic hydroxyl groups excluding tert-OH is 7. The standard InChI is InChI=1S/C6H10O4.C4H10O2.C3H8O3.C2H6O2/c7-5(8)3-1-2-4-6(9)10;5-3-1-2-4-6;4-1-3(6)2-5;3-1-2-4/h1-4H2,(H,7,8)(H,9,10);5-6H,1-4H2;3-6H,1-2H2;3-4H,1-2H2. The molecule has 0 spiro atoms. The lowest BCUT2D eigenvalue weighted by atomic mass is 10.2. The average molecular weight is 390 g/mol. The van der Waals surface area contributed by atoms with Gasteiger partial charge < -0.3 is 46.0 Å². The summed E-state index contributed by atoms with van der Waals surface area (Å²) >= 11 is 0. The molecule has 0 aliphatic carbocycles. The molecule has 0 unspecified atom stereocenters. The first-order valence-corrected chi connectivity index (χ1v) is 8.03. The van der Waals surface area contributed by atoms with Crippen molar-refractivity contribution in [3.05, 3.63) is 0 Å². The molecule has 0 bridgehead atoms. The summed E-state index contributed by atoms with van der Waals surface area (Å²) in [5, 5.41) is 71.7. The van der Waals surface area contributed by atoms with Gasteiger partial charge in [-0.05, 0) is 25.7 Å². The van der Waals surface area contributed by atoms with Crippen molar-refractivity contribution in [2.24, 2.45) is 0 Å². The van der Waals surface area contributed by atoms with Crippen molar-refractivity contribution in [1.82, 2.24) is 0 Å². The Morgan fingerprint density at radius 1 is 0.577 bits per heavy atom. The first-order chi connectivity index (χ1) is 12.3. The molecule has 0 aliphatic heterocycles. The molecule has 0 aromatic carbocycles. The van der Waals surface area contributed by atoms with Gasteiger partial charge in [0.05, 0.1) is 26.4 Å². The topological polar surface area (TPSA) is 216 Å². The molecule has 26 heavy (non-hydrogen) atoms. The highest BCUT2D eigenvalue weighted by Gasteiger charge is 1.99. The van der Waals surface area contributed by atoms with E-state index in [-0.39, 0.29) is 52.5 Å². The van der Waals surface area contributed by atoms with Crippen LogP contribution in [0.3, 0.4) is 0 Å². The van der Waals surface area contributed by atoms with Gasteiger partial charge in [-0.1, -0.05) is 0 Å². The van der Waals surface area contributed by atoms with Crippen LogP contribution in [0.5, 0.6) is 0 Å². The fourth-order valence-corrected chi connectivity index (χ4v) is 0.834. The molecule has 0 aromatic heterocycles. The van der Waals surface area contributed by atoms with Crippen molar-refractivity contribution < 1.29 is 55.5 Å². The quantitative estimate of drug-likeness (QED) is 0.172. The SMILES string of the molecule is O=C(O)CCCCC(=O)O.OCC(O)CO.OCCCCO.OCCO. The van der Waals surface area contributed by atoms with Gasteiger partial charge in [-0.2, -0.15) is 0 Å². The third-order valence-corrected chi connectivity index (χ3v) is 2.12. The van der Waals surface area contributed by atoms with E-state index in [1.165, 1.54) is 0 Å². The molecule has 0 saturated heterocycles.